The van der Waals surface area contributed by atoms with E-state index in [0.29, 0.717) is 6.04 Å². The summed E-state index contributed by atoms with van der Waals surface area (Å²) in [6.45, 7) is 10.2. The highest BCUT2D eigenvalue weighted by Crippen LogP contribution is 2.23. The molecule has 2 aliphatic rings. The number of sulfonamides is 1. The van der Waals surface area contributed by atoms with Gasteiger partial charge in [-0.3, -0.25) is 9.69 Å². The summed E-state index contributed by atoms with van der Waals surface area (Å²) in [6, 6.07) is 7.44. The number of carbonyl (C=O) groups excluding carboxylic acids is 1. The van der Waals surface area contributed by atoms with E-state index in [-0.39, 0.29) is 29.2 Å². The molecule has 6 nitrogen and oxygen atoms in total. The van der Waals surface area contributed by atoms with E-state index in [1.54, 1.807) is 12.1 Å². The predicted octanol–water partition coefficient (Wildman–Crippen LogP) is 2.35. The first-order valence-corrected chi connectivity index (χ1v) is 11.8. The van der Waals surface area contributed by atoms with Gasteiger partial charge in [0, 0.05) is 32.1 Å². The van der Waals surface area contributed by atoms with E-state index in [2.05, 4.69) is 30.4 Å². The number of likely N-dealkylation sites (tertiary alicyclic amines) is 2. The van der Waals surface area contributed by atoms with Gasteiger partial charge in [0.25, 0.3) is 0 Å². The lowest BCUT2D eigenvalue weighted by molar-refractivity contribution is -0.130. The lowest BCUT2D eigenvalue weighted by atomic mass is 9.87. The summed E-state index contributed by atoms with van der Waals surface area (Å²) in [5, 5.41) is 0. The third kappa shape index (κ3) is 5.13. The van der Waals surface area contributed by atoms with Crippen molar-refractivity contribution in [2.75, 3.05) is 32.7 Å². The maximum absolute atomic E-state index is 12.5. The van der Waals surface area contributed by atoms with Gasteiger partial charge in [0.15, 0.2) is 0 Å². The Hall–Kier alpha value is -1.44. The zero-order valence-electron chi connectivity index (χ0n) is 17.3. The molecule has 0 aromatic heterocycles. The van der Waals surface area contributed by atoms with Crippen molar-refractivity contribution in [1.29, 1.82) is 0 Å². The number of carbonyl (C=O) groups is 1. The Morgan fingerprint density at radius 3 is 2.36 bits per heavy atom. The van der Waals surface area contributed by atoms with Gasteiger partial charge in [-0.1, -0.05) is 32.9 Å². The highest BCUT2D eigenvalue weighted by Gasteiger charge is 2.31. The molecule has 156 valence electrons. The van der Waals surface area contributed by atoms with Crippen molar-refractivity contribution in [3.05, 3.63) is 29.8 Å². The van der Waals surface area contributed by atoms with Gasteiger partial charge in [-0.2, -0.15) is 0 Å². The van der Waals surface area contributed by atoms with Crippen LogP contribution in [0.15, 0.2) is 29.2 Å². The second-order valence-electron chi connectivity index (χ2n) is 8.95. The molecule has 1 N–H and O–H groups in total. The van der Waals surface area contributed by atoms with Crippen LogP contribution in [-0.2, 0) is 20.2 Å². The van der Waals surface area contributed by atoms with Crippen molar-refractivity contribution < 1.29 is 13.2 Å². The van der Waals surface area contributed by atoms with Gasteiger partial charge in [-0.05, 0) is 55.5 Å². The molecule has 2 heterocycles. The molecule has 0 spiro atoms. The first-order chi connectivity index (χ1) is 13.2. The minimum Gasteiger partial charge on any atom is -0.341 e. The van der Waals surface area contributed by atoms with Crippen LogP contribution in [-0.4, -0.2) is 62.9 Å². The van der Waals surface area contributed by atoms with Crippen LogP contribution >= 0.6 is 0 Å². The molecule has 0 saturated carbocycles. The van der Waals surface area contributed by atoms with Crippen LogP contribution in [0.25, 0.3) is 0 Å². The fourth-order valence-corrected chi connectivity index (χ4v) is 5.07. The van der Waals surface area contributed by atoms with Crippen LogP contribution in [0.4, 0.5) is 0 Å². The van der Waals surface area contributed by atoms with E-state index < -0.39 is 10.0 Å². The van der Waals surface area contributed by atoms with E-state index >= 15 is 0 Å². The summed E-state index contributed by atoms with van der Waals surface area (Å²) < 4.78 is 27.5. The Labute approximate surface area is 169 Å². The molecular weight excluding hydrogens is 374 g/mol. The van der Waals surface area contributed by atoms with Gasteiger partial charge in [0.05, 0.1) is 4.90 Å². The van der Waals surface area contributed by atoms with E-state index in [1.165, 1.54) is 12.8 Å². The lowest BCUT2D eigenvalue weighted by Crippen LogP contribution is -2.38. The Morgan fingerprint density at radius 2 is 1.75 bits per heavy atom. The maximum Gasteiger partial charge on any atom is 0.240 e. The normalized spacial score (nSPS) is 21.4. The van der Waals surface area contributed by atoms with Crippen LogP contribution in [0.5, 0.6) is 0 Å². The number of amides is 1. The van der Waals surface area contributed by atoms with Gasteiger partial charge in [-0.15, -0.1) is 0 Å². The number of benzene rings is 1. The minimum atomic E-state index is -3.59. The number of rotatable bonds is 6. The molecule has 1 aromatic rings. The highest BCUT2D eigenvalue weighted by molar-refractivity contribution is 7.89. The summed E-state index contributed by atoms with van der Waals surface area (Å²) in [5.74, 6) is 0.0347. The standard InChI is InChI=1S/C21H33N3O3S/c1-21(2,3)17-6-8-19(9-7-17)28(26,27)22-12-10-20(25)24-15-11-18(16-24)23-13-4-5-14-23/h6-9,18,22H,4-5,10-16H2,1-3H3. The number of hydrogen-bond acceptors (Lipinski definition) is 4. The zero-order chi connectivity index (χ0) is 20.4. The van der Waals surface area contributed by atoms with Gasteiger partial charge >= 0.3 is 0 Å². The minimum absolute atomic E-state index is 0.0230. The van der Waals surface area contributed by atoms with Crippen molar-refractivity contribution in [3.63, 3.8) is 0 Å². The van der Waals surface area contributed by atoms with E-state index in [1.807, 2.05) is 17.0 Å². The molecule has 3 rings (SSSR count). The first-order valence-electron chi connectivity index (χ1n) is 10.3. The monoisotopic (exact) mass is 407 g/mol. The van der Waals surface area contributed by atoms with Crippen LogP contribution in [0.1, 0.15) is 52.0 Å². The quantitative estimate of drug-likeness (QED) is 0.786. The van der Waals surface area contributed by atoms with Crippen molar-refractivity contribution in [2.24, 2.45) is 0 Å². The van der Waals surface area contributed by atoms with Gasteiger partial charge in [0.2, 0.25) is 15.9 Å². The molecule has 0 bridgehead atoms. The SMILES string of the molecule is CC(C)(C)c1ccc(S(=O)(=O)NCCC(=O)N2CCC(N3CCCC3)C2)cc1. The van der Waals surface area contributed by atoms with Gasteiger partial charge < -0.3 is 4.90 Å². The molecule has 2 aliphatic heterocycles. The van der Waals surface area contributed by atoms with Crippen molar-refractivity contribution in [1.82, 2.24) is 14.5 Å². The largest absolute Gasteiger partial charge is 0.341 e. The third-order valence-electron chi connectivity index (χ3n) is 5.83. The Bertz CT molecular complexity index is 778. The Balaban J connectivity index is 1.48. The van der Waals surface area contributed by atoms with E-state index in [4.69, 9.17) is 0 Å². The molecule has 2 saturated heterocycles. The molecule has 28 heavy (non-hydrogen) atoms. The van der Waals surface area contributed by atoms with Crippen LogP contribution in [0.2, 0.25) is 0 Å². The zero-order valence-corrected chi connectivity index (χ0v) is 18.1. The van der Waals surface area contributed by atoms with Crippen molar-refractivity contribution in [2.45, 2.75) is 62.8 Å². The Morgan fingerprint density at radius 1 is 1.11 bits per heavy atom. The second-order valence-corrected chi connectivity index (χ2v) is 10.7. The molecular formula is C21H33N3O3S. The molecule has 0 radical (unpaired) electrons. The smallest absolute Gasteiger partial charge is 0.240 e. The molecule has 2 fully saturated rings. The summed E-state index contributed by atoms with van der Waals surface area (Å²) in [7, 11) is -3.59. The Kier molecular flexibility index (Phi) is 6.47. The van der Waals surface area contributed by atoms with E-state index in [0.717, 1.165) is 38.2 Å². The number of nitrogens with zero attached hydrogens (tertiary/aromatic N) is 2. The maximum atomic E-state index is 12.5. The molecule has 1 amide bonds. The van der Waals surface area contributed by atoms with Crippen LogP contribution in [0, 0.1) is 0 Å². The summed E-state index contributed by atoms with van der Waals surface area (Å²) in [4.78, 5) is 17.1. The summed E-state index contributed by atoms with van der Waals surface area (Å²) in [5.41, 5.74) is 1.06. The van der Waals surface area contributed by atoms with Gasteiger partial charge in [0.1, 0.15) is 0 Å². The summed E-state index contributed by atoms with van der Waals surface area (Å²) >= 11 is 0. The third-order valence-corrected chi connectivity index (χ3v) is 7.31. The fraction of sp³-hybridized carbons (Fsp3) is 0.667. The average Bonchev–Trinajstić information content (AvgIpc) is 3.32. The van der Waals surface area contributed by atoms with Crippen LogP contribution < -0.4 is 4.72 Å². The first kappa shape index (κ1) is 21.3. The molecule has 1 unspecified atom stereocenters. The molecule has 1 atom stereocenters. The molecule has 7 heteroatoms. The number of nitrogens with one attached hydrogen (secondary N) is 1. The van der Waals surface area contributed by atoms with Crippen molar-refractivity contribution >= 4 is 15.9 Å². The average molecular weight is 408 g/mol. The predicted molar refractivity (Wildman–Crippen MR) is 111 cm³/mol. The van der Waals surface area contributed by atoms with Crippen molar-refractivity contribution in [3.8, 4) is 0 Å². The number of hydrogen-bond donors (Lipinski definition) is 1. The fourth-order valence-electron chi connectivity index (χ4n) is 4.04. The molecule has 0 aliphatic carbocycles. The van der Waals surface area contributed by atoms with Crippen LogP contribution in [0.3, 0.4) is 0 Å². The molecule has 1 aromatic carbocycles. The lowest BCUT2D eigenvalue weighted by Gasteiger charge is -2.23. The summed E-state index contributed by atoms with van der Waals surface area (Å²) in [6.07, 6.45) is 3.73. The van der Waals surface area contributed by atoms with E-state index in [9.17, 15) is 13.2 Å². The topological polar surface area (TPSA) is 69.7 Å². The van der Waals surface area contributed by atoms with Gasteiger partial charge in [-0.25, -0.2) is 13.1 Å². The highest BCUT2D eigenvalue weighted by atomic mass is 32.2. The second kappa shape index (κ2) is 8.51.